The molecule has 16 heavy (non-hydrogen) atoms. The Morgan fingerprint density at radius 3 is 2.00 bits per heavy atom. The van der Waals surface area contributed by atoms with Gasteiger partial charge in [0.15, 0.2) is 0 Å². The minimum Gasteiger partial charge on any atom is -0.481 e. The molecule has 4 nitrogen and oxygen atoms in total. The zero-order valence-corrected chi connectivity index (χ0v) is 10.9. The van der Waals surface area contributed by atoms with Crippen LogP contribution in [-0.4, -0.2) is 16.6 Å². The molecule has 0 spiro atoms. The summed E-state index contributed by atoms with van der Waals surface area (Å²) in [5, 5.41) is 16.9. The number of nitrogens with zero attached hydrogens (tertiary/aromatic N) is 1. The van der Waals surface area contributed by atoms with E-state index in [0.717, 1.165) is 0 Å². The van der Waals surface area contributed by atoms with Crippen molar-refractivity contribution < 1.29 is 9.90 Å². The lowest BCUT2D eigenvalue weighted by atomic mass is 9.96. The third-order valence-electron chi connectivity index (χ3n) is 1.36. The Morgan fingerprint density at radius 2 is 1.81 bits per heavy atom. The number of hydrogen-bond donors (Lipinski definition) is 2. The molecule has 0 aromatic heterocycles. The first-order chi connectivity index (χ1) is 7.06. The van der Waals surface area contributed by atoms with E-state index in [2.05, 4.69) is 0 Å². The van der Waals surface area contributed by atoms with E-state index in [1.165, 1.54) is 0 Å². The smallest absolute Gasteiger partial charge is 0.304 e. The van der Waals surface area contributed by atoms with Crippen molar-refractivity contribution in [3.8, 4) is 6.07 Å². The van der Waals surface area contributed by atoms with E-state index in [4.69, 9.17) is 16.1 Å². The highest BCUT2D eigenvalue weighted by molar-refractivity contribution is 5.67. The van der Waals surface area contributed by atoms with Crippen LogP contribution in [0.4, 0.5) is 0 Å². The molecule has 4 heteroatoms. The minimum atomic E-state index is -0.891. The second kappa shape index (κ2) is 8.12. The summed E-state index contributed by atoms with van der Waals surface area (Å²) in [5.41, 5.74) is 5.35. The predicted molar refractivity (Wildman–Crippen MR) is 64.8 cm³/mol. The van der Waals surface area contributed by atoms with Crippen molar-refractivity contribution >= 4 is 5.97 Å². The molecule has 0 heterocycles. The van der Waals surface area contributed by atoms with Gasteiger partial charge in [-0.05, 0) is 33.1 Å². The number of carbonyl (C=O) groups is 1. The number of rotatable bonds is 4. The zero-order chi connectivity index (χ0) is 13.4. The largest absolute Gasteiger partial charge is 0.481 e. The van der Waals surface area contributed by atoms with E-state index >= 15 is 0 Å². The first-order valence-corrected chi connectivity index (χ1v) is 5.46. The first-order valence-electron chi connectivity index (χ1n) is 5.46. The molecule has 0 amide bonds. The van der Waals surface area contributed by atoms with Gasteiger partial charge in [0.25, 0.3) is 0 Å². The van der Waals surface area contributed by atoms with Crippen molar-refractivity contribution in [3.05, 3.63) is 0 Å². The monoisotopic (exact) mass is 228 g/mol. The molecule has 0 saturated carbocycles. The second-order valence-corrected chi connectivity index (χ2v) is 5.42. The molecule has 0 unspecified atom stereocenters. The van der Waals surface area contributed by atoms with Crippen LogP contribution < -0.4 is 5.73 Å². The average Bonchev–Trinajstić information content (AvgIpc) is 1.97. The minimum absolute atomic E-state index is 0. The highest BCUT2D eigenvalue weighted by Gasteiger charge is 2.13. The van der Waals surface area contributed by atoms with Crippen LogP contribution >= 0.6 is 0 Å². The lowest BCUT2D eigenvalue weighted by Gasteiger charge is -2.07. The average molecular weight is 228 g/mol. The summed E-state index contributed by atoms with van der Waals surface area (Å²) < 4.78 is 0. The van der Waals surface area contributed by atoms with Crippen molar-refractivity contribution in [1.82, 2.24) is 0 Å². The maximum Gasteiger partial charge on any atom is 0.304 e. The molecule has 0 aliphatic heterocycles. The van der Waals surface area contributed by atoms with E-state index in [9.17, 15) is 4.79 Å². The van der Waals surface area contributed by atoms with E-state index in [1.807, 2.05) is 40.7 Å². The summed E-state index contributed by atoms with van der Waals surface area (Å²) >= 11 is 0. The molecule has 0 radical (unpaired) electrons. The third-order valence-corrected chi connectivity index (χ3v) is 1.36. The maximum atomic E-state index is 10.2. The summed E-state index contributed by atoms with van der Waals surface area (Å²) in [6.07, 6.45) is 0.636. The highest BCUT2D eigenvalue weighted by Crippen LogP contribution is 2.13. The molecule has 0 aromatic rings. The Hall–Kier alpha value is -1.08. The number of carboxylic acid groups (broad SMARTS) is 1. The Bertz CT molecular complexity index is 230. The molecule has 94 valence electrons. The van der Waals surface area contributed by atoms with Crippen LogP contribution in [0.15, 0.2) is 0 Å². The molecule has 1 atom stereocenters. The van der Waals surface area contributed by atoms with E-state index < -0.39 is 5.97 Å². The number of nitrogens with two attached hydrogens (primary N) is 1. The van der Waals surface area contributed by atoms with Gasteiger partial charge in [-0.25, -0.2) is 0 Å². The van der Waals surface area contributed by atoms with Crippen LogP contribution in [0.1, 0.15) is 47.5 Å². The Morgan fingerprint density at radius 1 is 1.44 bits per heavy atom. The predicted octanol–water partition coefficient (Wildman–Crippen LogP) is 2.39. The van der Waals surface area contributed by atoms with Crippen molar-refractivity contribution in [2.45, 2.75) is 53.0 Å². The molecule has 0 aromatic carbocycles. The van der Waals surface area contributed by atoms with Gasteiger partial charge in [-0.1, -0.05) is 13.8 Å². The molecular formula is C12H24N2O2. The van der Waals surface area contributed by atoms with E-state index in [-0.39, 0.29) is 17.9 Å². The lowest BCUT2D eigenvalue weighted by molar-refractivity contribution is -0.137. The van der Waals surface area contributed by atoms with Crippen LogP contribution in [0.3, 0.4) is 0 Å². The van der Waals surface area contributed by atoms with Crippen LogP contribution in [-0.2, 0) is 4.79 Å². The van der Waals surface area contributed by atoms with Gasteiger partial charge in [-0.2, -0.15) is 5.26 Å². The van der Waals surface area contributed by atoms with Crippen LogP contribution in [0.2, 0.25) is 0 Å². The van der Waals surface area contributed by atoms with Crippen molar-refractivity contribution in [2.24, 2.45) is 17.6 Å². The quantitative estimate of drug-likeness (QED) is 0.773. The number of carboxylic acids is 1. The van der Waals surface area contributed by atoms with Crippen LogP contribution in [0, 0.1) is 23.2 Å². The van der Waals surface area contributed by atoms with Crippen molar-refractivity contribution in [2.75, 3.05) is 0 Å². The Balaban J connectivity index is 0. The summed E-state index contributed by atoms with van der Waals surface area (Å²) in [6.45, 7) is 9.85. The van der Waals surface area contributed by atoms with Crippen LogP contribution in [0.25, 0.3) is 0 Å². The Kier molecular flexibility index (Phi) is 8.79. The summed E-state index contributed by atoms with van der Waals surface area (Å²) in [5.74, 6) is -0.830. The van der Waals surface area contributed by atoms with E-state index in [1.54, 1.807) is 0 Å². The van der Waals surface area contributed by atoms with Gasteiger partial charge < -0.3 is 10.8 Å². The van der Waals surface area contributed by atoms with Crippen molar-refractivity contribution in [3.63, 3.8) is 0 Å². The highest BCUT2D eigenvalue weighted by atomic mass is 16.4. The van der Waals surface area contributed by atoms with Gasteiger partial charge >= 0.3 is 5.97 Å². The SMILES string of the molecule is CC(C)(C)N.CC(C)C[C@H](C#N)CC(=O)O. The fourth-order valence-electron chi connectivity index (χ4n) is 0.962. The van der Waals surface area contributed by atoms with Crippen molar-refractivity contribution in [1.29, 1.82) is 5.26 Å². The third kappa shape index (κ3) is 23.1. The van der Waals surface area contributed by atoms with Gasteiger partial charge in [-0.15, -0.1) is 0 Å². The molecule has 0 bridgehead atoms. The number of aliphatic carboxylic acids is 1. The van der Waals surface area contributed by atoms with Gasteiger partial charge in [-0.3, -0.25) is 4.79 Å². The fraction of sp³-hybridized carbons (Fsp3) is 0.833. The molecule has 0 aliphatic carbocycles. The molecule has 0 saturated heterocycles. The van der Waals surface area contributed by atoms with Gasteiger partial charge in [0.05, 0.1) is 18.4 Å². The molecule has 3 N–H and O–H groups in total. The maximum absolute atomic E-state index is 10.2. The first kappa shape index (κ1) is 17.3. The lowest BCUT2D eigenvalue weighted by Crippen LogP contribution is -2.26. The van der Waals surface area contributed by atoms with Gasteiger partial charge in [0.1, 0.15) is 0 Å². The molecule has 0 fully saturated rings. The summed E-state index contributed by atoms with van der Waals surface area (Å²) in [7, 11) is 0. The van der Waals surface area contributed by atoms with E-state index in [0.29, 0.717) is 12.3 Å². The summed E-state index contributed by atoms with van der Waals surface area (Å²) in [6, 6.07) is 1.98. The van der Waals surface area contributed by atoms with Gasteiger partial charge in [0.2, 0.25) is 0 Å². The standard InChI is InChI=1S/C8H13NO2.C4H11N/c1-6(2)3-7(5-9)4-8(10)11;1-4(2,3)5/h6-7H,3-4H2,1-2H3,(H,10,11);5H2,1-3H3/t7-;/m0./s1. The molecule has 0 rings (SSSR count). The Labute approximate surface area is 98.4 Å². The van der Waals surface area contributed by atoms with Gasteiger partial charge in [0, 0.05) is 5.54 Å². The second-order valence-electron chi connectivity index (χ2n) is 5.42. The normalized spacial score (nSPS) is 12.4. The number of nitriles is 1. The number of hydrogen-bond acceptors (Lipinski definition) is 3. The van der Waals surface area contributed by atoms with Crippen LogP contribution in [0.5, 0.6) is 0 Å². The molecule has 0 aliphatic rings. The fourth-order valence-corrected chi connectivity index (χ4v) is 0.962. The molecular weight excluding hydrogens is 204 g/mol. The summed E-state index contributed by atoms with van der Waals surface area (Å²) in [4.78, 5) is 10.2. The zero-order valence-electron chi connectivity index (χ0n) is 10.9. The topological polar surface area (TPSA) is 87.1 Å².